The first-order chi connectivity index (χ1) is 17.9. The number of pyridine rings is 2. The molecule has 4 aromatic rings. The fourth-order valence-corrected chi connectivity index (χ4v) is 3.93. The van der Waals surface area contributed by atoms with Crippen LogP contribution in [-0.2, 0) is 45.1 Å². The molecule has 0 aliphatic heterocycles. The number of aromatic nitrogens is 6. The molecule has 0 radical (unpaired) electrons. The van der Waals surface area contributed by atoms with Gasteiger partial charge in [-0.25, -0.2) is 0 Å². The molecule has 0 saturated heterocycles. The largest absolute Gasteiger partial charge is 2.00 e. The number of rotatable bonds is 4. The van der Waals surface area contributed by atoms with Gasteiger partial charge in [0.1, 0.15) is 0 Å². The Labute approximate surface area is 232 Å². The molecule has 0 aromatic carbocycles. The predicted octanol–water partition coefficient (Wildman–Crippen LogP) is 6.67. The average Bonchev–Trinajstić information content (AvgIpc) is 3.44. The maximum atomic E-state index is 13.4. The van der Waals surface area contributed by atoms with Crippen LogP contribution in [0.25, 0.3) is 11.6 Å². The van der Waals surface area contributed by atoms with Gasteiger partial charge in [0.2, 0.25) is 0 Å². The third-order valence-corrected chi connectivity index (χ3v) is 5.45. The second kappa shape index (κ2) is 10.7. The molecule has 0 aliphatic rings. The third kappa shape index (κ3) is 6.44. The standard InChI is InChI=1S/C20H6F12N6S.Pd/c21-17(22,23)13-15(19(27,28)29)37(7-33-13)9-3-1-5-11(35-9)39-12-6-2-4-10(36-12)38-8-34-14(18(24,25)26)16(38)20(30,31)32;/h1-6H;/q-2;+2. The molecule has 40 heavy (non-hydrogen) atoms. The van der Waals surface area contributed by atoms with Gasteiger partial charge < -0.3 is 19.1 Å². The smallest absolute Gasteiger partial charge is 0.407 e. The maximum Gasteiger partial charge on any atom is 2.00 e. The minimum Gasteiger partial charge on any atom is -0.407 e. The summed E-state index contributed by atoms with van der Waals surface area (Å²) in [7, 11) is 0. The van der Waals surface area contributed by atoms with Gasteiger partial charge in [-0.3, -0.25) is 9.97 Å². The van der Waals surface area contributed by atoms with Crippen molar-refractivity contribution in [2.75, 3.05) is 0 Å². The van der Waals surface area contributed by atoms with Gasteiger partial charge in [-0.2, -0.15) is 52.7 Å². The maximum absolute atomic E-state index is 13.4. The van der Waals surface area contributed by atoms with Crippen LogP contribution in [0.4, 0.5) is 52.7 Å². The summed E-state index contributed by atoms with van der Waals surface area (Å²) in [5.74, 6) is -1.38. The molecule has 0 amide bonds. The molecule has 20 heteroatoms. The quantitative estimate of drug-likeness (QED) is 0.136. The Kier molecular flexibility index (Phi) is 8.41. The molecule has 4 heterocycles. The van der Waals surface area contributed by atoms with E-state index in [-0.39, 0.29) is 39.6 Å². The van der Waals surface area contributed by atoms with E-state index in [1.165, 1.54) is 12.1 Å². The monoisotopic (exact) mass is 696 g/mol. The number of alkyl halides is 12. The molecule has 6 nitrogen and oxygen atoms in total. The Balaban J connectivity index is 0.00000441. The SMILES string of the molecule is FC(F)(F)c1n[c-]n(-c2cccc(Sc3cccc(-n4[c-]nc(C(F)(F)F)c4C(F)(F)F)n3)n2)c1C(F)(F)F.[Pd+2]. The summed E-state index contributed by atoms with van der Waals surface area (Å²) in [6.07, 6.45) is -18.8. The molecular weight excluding hydrogens is 691 g/mol. The van der Waals surface area contributed by atoms with E-state index in [1.807, 2.05) is 0 Å². The normalized spacial score (nSPS) is 12.9. The van der Waals surface area contributed by atoms with Gasteiger partial charge in [-0.05, 0) is 12.1 Å². The van der Waals surface area contributed by atoms with E-state index < -0.39 is 59.1 Å². The van der Waals surface area contributed by atoms with Crippen LogP contribution in [0.2, 0.25) is 0 Å². The molecule has 0 unspecified atom stereocenters. The van der Waals surface area contributed by atoms with Gasteiger partial charge in [0.05, 0.1) is 33.1 Å². The Bertz CT molecular complexity index is 1390. The van der Waals surface area contributed by atoms with Gasteiger partial charge >= 0.3 is 45.1 Å². The van der Waals surface area contributed by atoms with E-state index in [2.05, 4.69) is 19.9 Å². The van der Waals surface area contributed by atoms with Crippen LogP contribution >= 0.6 is 11.8 Å². The third-order valence-electron chi connectivity index (χ3n) is 4.58. The summed E-state index contributed by atoms with van der Waals surface area (Å²) in [6.45, 7) is 0. The van der Waals surface area contributed by atoms with Crippen LogP contribution in [0.15, 0.2) is 46.5 Å². The van der Waals surface area contributed by atoms with Crippen molar-refractivity contribution in [3.05, 3.63) is 71.8 Å². The van der Waals surface area contributed by atoms with E-state index in [0.717, 1.165) is 24.3 Å². The van der Waals surface area contributed by atoms with Crippen molar-refractivity contribution in [3.63, 3.8) is 0 Å². The zero-order chi connectivity index (χ0) is 29.0. The van der Waals surface area contributed by atoms with Crippen molar-refractivity contribution in [2.45, 2.75) is 34.8 Å². The molecule has 0 fully saturated rings. The molecule has 0 N–H and O–H groups in total. The Morgan fingerprint density at radius 2 is 0.900 bits per heavy atom. The van der Waals surface area contributed by atoms with Crippen LogP contribution in [-0.4, -0.2) is 29.1 Å². The number of nitrogens with zero attached hydrogens (tertiary/aromatic N) is 6. The number of hydrogen-bond donors (Lipinski definition) is 0. The Morgan fingerprint density at radius 1 is 0.550 bits per heavy atom. The predicted molar refractivity (Wildman–Crippen MR) is 105 cm³/mol. The van der Waals surface area contributed by atoms with Gasteiger partial charge in [0.15, 0.2) is 0 Å². The average molecular weight is 697 g/mol. The van der Waals surface area contributed by atoms with Gasteiger partial charge in [0, 0.05) is 24.0 Å². The van der Waals surface area contributed by atoms with Gasteiger partial charge in [-0.1, -0.05) is 36.0 Å². The van der Waals surface area contributed by atoms with Crippen LogP contribution in [0, 0.1) is 12.7 Å². The first-order valence-electron chi connectivity index (χ1n) is 9.79. The van der Waals surface area contributed by atoms with Crippen LogP contribution < -0.4 is 0 Å². The van der Waals surface area contributed by atoms with Crippen LogP contribution in [0.5, 0.6) is 0 Å². The molecule has 0 saturated carbocycles. The number of halogens is 12. The van der Waals surface area contributed by atoms with Crippen LogP contribution in [0.3, 0.4) is 0 Å². The Morgan fingerprint density at radius 3 is 1.20 bits per heavy atom. The molecule has 0 bridgehead atoms. The van der Waals surface area contributed by atoms with Crippen molar-refractivity contribution in [1.29, 1.82) is 0 Å². The molecule has 216 valence electrons. The summed E-state index contributed by atoms with van der Waals surface area (Å²) in [6, 6.07) is 6.41. The summed E-state index contributed by atoms with van der Waals surface area (Å²) in [4.78, 5) is 13.0. The second-order valence-corrected chi connectivity index (χ2v) is 8.29. The summed E-state index contributed by atoms with van der Waals surface area (Å²) >= 11 is 0.532. The summed E-state index contributed by atoms with van der Waals surface area (Å²) in [5, 5.41) is -0.384. The van der Waals surface area contributed by atoms with Gasteiger partial charge in [0.25, 0.3) is 0 Å². The first-order valence-corrected chi connectivity index (χ1v) is 10.6. The summed E-state index contributed by atoms with van der Waals surface area (Å²) in [5.41, 5.74) is -8.89. The van der Waals surface area contributed by atoms with Crippen molar-refractivity contribution in [1.82, 2.24) is 29.1 Å². The van der Waals surface area contributed by atoms with E-state index in [9.17, 15) is 52.7 Å². The zero-order valence-corrected chi connectivity index (χ0v) is 20.8. The molecule has 4 aromatic heterocycles. The molecule has 0 aliphatic carbocycles. The van der Waals surface area contributed by atoms with E-state index >= 15 is 0 Å². The topological polar surface area (TPSA) is 61.4 Å². The van der Waals surface area contributed by atoms with Gasteiger partial charge in [-0.15, -0.1) is 0 Å². The van der Waals surface area contributed by atoms with E-state index in [0.29, 0.717) is 11.8 Å². The summed E-state index contributed by atoms with van der Waals surface area (Å²) < 4.78 is 159. The number of imidazole rings is 2. The fraction of sp³-hybridized carbons (Fsp3) is 0.200. The van der Waals surface area contributed by atoms with E-state index in [1.54, 1.807) is 12.7 Å². The molecule has 0 spiro atoms. The van der Waals surface area contributed by atoms with Crippen LogP contribution in [0.1, 0.15) is 22.8 Å². The molecule has 4 rings (SSSR count). The zero-order valence-electron chi connectivity index (χ0n) is 18.4. The number of hydrogen-bond acceptors (Lipinski definition) is 5. The van der Waals surface area contributed by atoms with Crippen molar-refractivity contribution >= 4 is 11.8 Å². The molecular formula is C20H6F12N6PdS. The second-order valence-electron chi connectivity index (χ2n) is 7.25. The Hall–Kier alpha value is -3.11. The fourth-order valence-electron chi connectivity index (χ4n) is 3.14. The van der Waals surface area contributed by atoms with Crippen molar-refractivity contribution in [2.24, 2.45) is 0 Å². The minimum atomic E-state index is -5.51. The first kappa shape index (κ1) is 31.4. The van der Waals surface area contributed by atoms with Crippen molar-refractivity contribution in [3.8, 4) is 11.6 Å². The van der Waals surface area contributed by atoms with Crippen molar-refractivity contribution < 1.29 is 73.1 Å². The van der Waals surface area contributed by atoms with E-state index in [4.69, 9.17) is 0 Å². The minimum absolute atomic E-state index is 0. The molecule has 0 atom stereocenters.